The molecule has 6 nitrogen and oxygen atoms in total. The summed E-state index contributed by atoms with van der Waals surface area (Å²) in [5.74, 6) is -1.11. The van der Waals surface area contributed by atoms with Crippen molar-refractivity contribution < 1.29 is 18.3 Å². The van der Waals surface area contributed by atoms with Gasteiger partial charge < -0.3 is 9.67 Å². The monoisotopic (exact) mass is 314 g/mol. The van der Waals surface area contributed by atoms with Gasteiger partial charge in [0.25, 0.3) is 0 Å². The van der Waals surface area contributed by atoms with Gasteiger partial charge in [-0.3, -0.25) is 0 Å². The Balaban J connectivity index is 2.46. The van der Waals surface area contributed by atoms with Crippen LogP contribution in [0.15, 0.2) is 17.2 Å². The zero-order valence-electron chi connectivity index (χ0n) is 12.7. The minimum absolute atomic E-state index is 0.0208. The first-order valence-electron chi connectivity index (χ1n) is 7.16. The number of aromatic carboxylic acids is 1. The normalized spacial score (nSPS) is 19.0. The van der Waals surface area contributed by atoms with Crippen molar-refractivity contribution in [2.24, 2.45) is 0 Å². The van der Waals surface area contributed by atoms with Crippen LogP contribution in [-0.4, -0.2) is 40.4 Å². The number of carboxylic acids is 1. The van der Waals surface area contributed by atoms with Gasteiger partial charge in [0.1, 0.15) is 10.6 Å². The molecule has 1 aromatic heterocycles. The van der Waals surface area contributed by atoms with E-state index in [1.807, 2.05) is 20.8 Å². The lowest BCUT2D eigenvalue weighted by atomic mass is 10.0. The predicted octanol–water partition coefficient (Wildman–Crippen LogP) is 2.16. The summed E-state index contributed by atoms with van der Waals surface area (Å²) < 4.78 is 28.5. The summed E-state index contributed by atoms with van der Waals surface area (Å²) in [4.78, 5) is 11.3. The van der Waals surface area contributed by atoms with Crippen molar-refractivity contribution in [3.63, 3.8) is 0 Å². The standard InChI is InChI=1S/C14H22N2O4S/c1-4-7-15-10-11(9-12(15)13(17)18)21(19,20)16-8-5-6-14(16,2)3/h9-10H,4-8H2,1-3H3,(H,17,18). The molecule has 7 heteroatoms. The smallest absolute Gasteiger partial charge is 0.352 e. The van der Waals surface area contributed by atoms with Gasteiger partial charge in [-0.25, -0.2) is 13.2 Å². The largest absolute Gasteiger partial charge is 0.477 e. The second kappa shape index (κ2) is 5.46. The molecule has 0 aliphatic carbocycles. The molecule has 2 heterocycles. The van der Waals surface area contributed by atoms with Crippen molar-refractivity contribution in [2.45, 2.75) is 57.0 Å². The van der Waals surface area contributed by atoms with Gasteiger partial charge in [-0.15, -0.1) is 0 Å². The van der Waals surface area contributed by atoms with E-state index < -0.39 is 21.5 Å². The molecular formula is C14H22N2O4S. The quantitative estimate of drug-likeness (QED) is 0.903. The maximum atomic E-state index is 12.8. The number of sulfonamides is 1. The predicted molar refractivity (Wildman–Crippen MR) is 78.9 cm³/mol. The van der Waals surface area contributed by atoms with Gasteiger partial charge in [0.2, 0.25) is 10.0 Å². The van der Waals surface area contributed by atoms with Crippen molar-refractivity contribution in [1.29, 1.82) is 0 Å². The highest BCUT2D eigenvalue weighted by Gasteiger charge is 2.41. The lowest BCUT2D eigenvalue weighted by molar-refractivity contribution is 0.0685. The molecule has 0 aromatic carbocycles. The number of nitrogens with zero attached hydrogens (tertiary/aromatic N) is 2. The zero-order valence-corrected chi connectivity index (χ0v) is 13.5. The first-order chi connectivity index (χ1) is 9.70. The molecule has 1 aromatic rings. The van der Waals surface area contributed by atoms with Crippen LogP contribution in [0.4, 0.5) is 0 Å². The van der Waals surface area contributed by atoms with Gasteiger partial charge in [0.15, 0.2) is 0 Å². The highest BCUT2D eigenvalue weighted by atomic mass is 32.2. The molecule has 1 fully saturated rings. The lowest BCUT2D eigenvalue weighted by Gasteiger charge is -2.30. The summed E-state index contributed by atoms with van der Waals surface area (Å²) in [6.45, 7) is 6.69. The van der Waals surface area contributed by atoms with E-state index >= 15 is 0 Å². The first kappa shape index (κ1) is 16.0. The van der Waals surface area contributed by atoms with Crippen LogP contribution in [-0.2, 0) is 16.6 Å². The van der Waals surface area contributed by atoms with Gasteiger partial charge >= 0.3 is 5.97 Å². The lowest BCUT2D eigenvalue weighted by Crippen LogP contribution is -2.42. The second-order valence-electron chi connectivity index (χ2n) is 6.05. The Bertz CT molecular complexity index is 646. The highest BCUT2D eigenvalue weighted by molar-refractivity contribution is 7.89. The second-order valence-corrected chi connectivity index (χ2v) is 7.92. The molecule has 1 saturated heterocycles. The Morgan fingerprint density at radius 3 is 2.57 bits per heavy atom. The summed E-state index contributed by atoms with van der Waals surface area (Å²) in [6.07, 6.45) is 3.82. The van der Waals surface area contributed by atoms with Gasteiger partial charge in [-0.2, -0.15) is 4.31 Å². The minimum Gasteiger partial charge on any atom is -0.477 e. The summed E-state index contributed by atoms with van der Waals surface area (Å²) in [6, 6.07) is 1.27. The van der Waals surface area contributed by atoms with E-state index in [1.54, 1.807) is 0 Å². The first-order valence-corrected chi connectivity index (χ1v) is 8.60. The van der Waals surface area contributed by atoms with E-state index in [0.717, 1.165) is 19.3 Å². The Kier molecular flexibility index (Phi) is 4.17. The van der Waals surface area contributed by atoms with Crippen LogP contribution in [0, 0.1) is 0 Å². The van der Waals surface area contributed by atoms with Gasteiger partial charge in [0.05, 0.1) is 0 Å². The van der Waals surface area contributed by atoms with Crippen LogP contribution >= 0.6 is 0 Å². The third-order valence-electron chi connectivity index (χ3n) is 3.97. The van der Waals surface area contributed by atoms with Crippen LogP contribution in [0.1, 0.15) is 50.5 Å². The fourth-order valence-electron chi connectivity index (χ4n) is 2.89. The van der Waals surface area contributed by atoms with Crippen LogP contribution in [0.3, 0.4) is 0 Å². The number of hydrogen-bond donors (Lipinski definition) is 1. The molecule has 1 aliphatic rings. The number of carboxylic acid groups (broad SMARTS) is 1. The summed E-state index contributed by atoms with van der Waals surface area (Å²) in [7, 11) is -3.65. The van der Waals surface area contributed by atoms with Crippen molar-refractivity contribution in [3.05, 3.63) is 18.0 Å². The summed E-state index contributed by atoms with van der Waals surface area (Å²) in [5.41, 5.74) is -0.401. The molecule has 1 N–H and O–H groups in total. The maximum absolute atomic E-state index is 12.8. The van der Waals surface area contributed by atoms with Crippen LogP contribution in [0.2, 0.25) is 0 Å². The average molecular weight is 314 g/mol. The summed E-state index contributed by atoms with van der Waals surface area (Å²) in [5, 5.41) is 9.21. The van der Waals surface area contributed by atoms with Crippen LogP contribution in [0.5, 0.6) is 0 Å². The molecule has 2 rings (SSSR count). The fourth-order valence-corrected chi connectivity index (χ4v) is 4.77. The van der Waals surface area contributed by atoms with E-state index in [1.165, 1.54) is 21.1 Å². The third-order valence-corrected chi connectivity index (χ3v) is 6.04. The summed E-state index contributed by atoms with van der Waals surface area (Å²) >= 11 is 0. The number of hydrogen-bond acceptors (Lipinski definition) is 3. The molecule has 0 spiro atoms. The molecular weight excluding hydrogens is 292 g/mol. The topological polar surface area (TPSA) is 79.6 Å². The van der Waals surface area contributed by atoms with E-state index in [-0.39, 0.29) is 10.6 Å². The van der Waals surface area contributed by atoms with E-state index in [0.29, 0.717) is 13.1 Å². The third kappa shape index (κ3) is 2.85. The zero-order chi connectivity index (χ0) is 15.8. The molecule has 0 saturated carbocycles. The van der Waals surface area contributed by atoms with E-state index in [4.69, 9.17) is 0 Å². The van der Waals surface area contributed by atoms with Crippen LogP contribution < -0.4 is 0 Å². The molecule has 0 bridgehead atoms. The molecule has 21 heavy (non-hydrogen) atoms. The number of aromatic nitrogens is 1. The molecule has 118 valence electrons. The Hall–Kier alpha value is -1.34. The van der Waals surface area contributed by atoms with Crippen molar-refractivity contribution in [2.75, 3.05) is 6.54 Å². The maximum Gasteiger partial charge on any atom is 0.352 e. The number of rotatable bonds is 5. The van der Waals surface area contributed by atoms with Crippen LogP contribution in [0.25, 0.3) is 0 Å². The Morgan fingerprint density at radius 1 is 1.43 bits per heavy atom. The molecule has 0 amide bonds. The van der Waals surface area contributed by atoms with Gasteiger partial charge in [-0.05, 0) is 39.2 Å². The molecule has 0 atom stereocenters. The van der Waals surface area contributed by atoms with Crippen molar-refractivity contribution >= 4 is 16.0 Å². The number of aryl methyl sites for hydroxylation is 1. The average Bonchev–Trinajstić information content (AvgIpc) is 2.93. The Morgan fingerprint density at radius 2 is 2.10 bits per heavy atom. The van der Waals surface area contributed by atoms with Crippen molar-refractivity contribution in [3.8, 4) is 0 Å². The SMILES string of the molecule is CCCn1cc(S(=O)(=O)N2CCCC2(C)C)cc1C(=O)O. The van der Waals surface area contributed by atoms with Gasteiger partial charge in [0, 0.05) is 24.8 Å². The molecule has 0 radical (unpaired) electrons. The molecule has 1 aliphatic heterocycles. The number of carbonyl (C=O) groups is 1. The van der Waals surface area contributed by atoms with E-state index in [9.17, 15) is 18.3 Å². The van der Waals surface area contributed by atoms with Gasteiger partial charge in [-0.1, -0.05) is 6.92 Å². The highest BCUT2D eigenvalue weighted by Crippen LogP contribution is 2.34. The molecule has 0 unspecified atom stereocenters. The fraction of sp³-hybridized carbons (Fsp3) is 0.643. The minimum atomic E-state index is -3.65. The van der Waals surface area contributed by atoms with Crippen molar-refractivity contribution in [1.82, 2.24) is 8.87 Å². The Labute approximate surface area is 125 Å². The van der Waals surface area contributed by atoms with E-state index in [2.05, 4.69) is 0 Å².